The van der Waals surface area contributed by atoms with Crippen molar-refractivity contribution in [3.8, 4) is 0 Å². The van der Waals surface area contributed by atoms with Crippen molar-refractivity contribution in [1.29, 1.82) is 0 Å². The van der Waals surface area contributed by atoms with E-state index in [-0.39, 0.29) is 11.9 Å². The van der Waals surface area contributed by atoms with E-state index in [2.05, 4.69) is 10.6 Å². The monoisotopic (exact) mass is 250 g/mol. The van der Waals surface area contributed by atoms with Gasteiger partial charge in [-0.15, -0.1) is 0 Å². The number of carbonyl (C=O) groups is 1. The van der Waals surface area contributed by atoms with Crippen molar-refractivity contribution in [1.82, 2.24) is 5.32 Å². The van der Waals surface area contributed by atoms with Crippen molar-refractivity contribution in [3.63, 3.8) is 0 Å². The zero-order valence-corrected chi connectivity index (χ0v) is 11.2. The number of aryl methyl sites for hydroxylation is 1. The van der Waals surface area contributed by atoms with Gasteiger partial charge in [-0.2, -0.15) is 0 Å². The van der Waals surface area contributed by atoms with Gasteiger partial charge in [-0.1, -0.05) is 18.2 Å². The Labute approximate surface area is 108 Å². The second kappa shape index (κ2) is 7.13. The highest BCUT2D eigenvalue weighted by molar-refractivity contribution is 5.91. The van der Waals surface area contributed by atoms with Crippen LogP contribution < -0.4 is 10.6 Å². The molecule has 1 aromatic rings. The minimum atomic E-state index is -0.396. The Hall–Kier alpha value is -1.39. The fourth-order valence-corrected chi connectivity index (χ4v) is 1.64. The summed E-state index contributed by atoms with van der Waals surface area (Å²) in [5, 5.41) is 15.1. The van der Waals surface area contributed by atoms with E-state index in [1.165, 1.54) is 0 Å². The van der Waals surface area contributed by atoms with Crippen LogP contribution in [0.2, 0.25) is 0 Å². The number of amides is 1. The molecule has 4 heteroatoms. The standard InChI is InChI=1S/C14H22N2O2/c1-10-6-4-5-7-13(10)16-14(18)8-11(2)15-9-12(3)17/h4-7,11-12,15,17H,8-9H2,1-3H3,(H,16,18). The van der Waals surface area contributed by atoms with Gasteiger partial charge in [0.2, 0.25) is 5.91 Å². The summed E-state index contributed by atoms with van der Waals surface area (Å²) in [6, 6.07) is 7.74. The highest BCUT2D eigenvalue weighted by Crippen LogP contribution is 2.13. The Kier molecular flexibility index (Phi) is 5.82. The van der Waals surface area contributed by atoms with Crippen molar-refractivity contribution in [3.05, 3.63) is 29.8 Å². The van der Waals surface area contributed by atoms with E-state index in [4.69, 9.17) is 5.11 Å². The van der Waals surface area contributed by atoms with Crippen molar-refractivity contribution in [2.24, 2.45) is 0 Å². The summed E-state index contributed by atoms with van der Waals surface area (Å²) in [5.41, 5.74) is 1.90. The summed E-state index contributed by atoms with van der Waals surface area (Å²) < 4.78 is 0. The van der Waals surface area contributed by atoms with Crippen LogP contribution in [0.5, 0.6) is 0 Å². The zero-order chi connectivity index (χ0) is 13.5. The maximum Gasteiger partial charge on any atom is 0.225 e. The summed E-state index contributed by atoms with van der Waals surface area (Å²) in [4.78, 5) is 11.8. The molecule has 18 heavy (non-hydrogen) atoms. The Balaban J connectivity index is 2.40. The molecule has 4 nitrogen and oxygen atoms in total. The first-order chi connectivity index (χ1) is 8.49. The SMILES string of the molecule is Cc1ccccc1NC(=O)CC(C)NCC(C)O. The van der Waals surface area contributed by atoms with Crippen molar-refractivity contribution in [2.75, 3.05) is 11.9 Å². The van der Waals surface area contributed by atoms with Gasteiger partial charge in [-0.25, -0.2) is 0 Å². The number of hydrogen-bond donors (Lipinski definition) is 3. The normalized spacial score (nSPS) is 14.0. The molecule has 3 N–H and O–H groups in total. The number of aliphatic hydroxyl groups is 1. The van der Waals surface area contributed by atoms with E-state index in [1.54, 1.807) is 6.92 Å². The number of benzene rings is 1. The van der Waals surface area contributed by atoms with E-state index in [9.17, 15) is 4.79 Å². The molecule has 0 aliphatic heterocycles. The van der Waals surface area contributed by atoms with Crippen LogP contribution in [0, 0.1) is 6.92 Å². The molecule has 1 rings (SSSR count). The summed E-state index contributed by atoms with van der Waals surface area (Å²) in [6.07, 6.45) is -0.00647. The number of anilines is 1. The van der Waals surface area contributed by atoms with Crippen LogP contribution in [0.3, 0.4) is 0 Å². The molecule has 0 saturated carbocycles. The second-order valence-electron chi connectivity index (χ2n) is 4.73. The molecule has 2 unspecified atom stereocenters. The number of rotatable bonds is 6. The molecule has 0 spiro atoms. The van der Waals surface area contributed by atoms with Crippen LogP contribution in [0.4, 0.5) is 5.69 Å². The first-order valence-corrected chi connectivity index (χ1v) is 6.26. The molecule has 0 heterocycles. The maximum atomic E-state index is 11.8. The van der Waals surface area contributed by atoms with Gasteiger partial charge in [-0.3, -0.25) is 4.79 Å². The number of carbonyl (C=O) groups excluding carboxylic acids is 1. The summed E-state index contributed by atoms with van der Waals surface area (Å²) in [5.74, 6) is -0.0186. The third-order valence-electron chi connectivity index (χ3n) is 2.67. The Bertz CT molecular complexity index is 391. The predicted molar refractivity (Wildman–Crippen MR) is 73.6 cm³/mol. The van der Waals surface area contributed by atoms with E-state index in [0.29, 0.717) is 13.0 Å². The molecule has 2 atom stereocenters. The maximum absolute atomic E-state index is 11.8. The highest BCUT2D eigenvalue weighted by Gasteiger charge is 2.10. The number of nitrogens with one attached hydrogen (secondary N) is 2. The minimum Gasteiger partial charge on any atom is -0.392 e. The van der Waals surface area contributed by atoms with Gasteiger partial charge in [0, 0.05) is 24.7 Å². The molecule has 100 valence electrons. The molecular formula is C14H22N2O2. The first-order valence-electron chi connectivity index (χ1n) is 6.26. The quantitative estimate of drug-likeness (QED) is 0.720. The van der Waals surface area contributed by atoms with Crippen LogP contribution in [-0.2, 0) is 4.79 Å². The number of para-hydroxylation sites is 1. The van der Waals surface area contributed by atoms with E-state index in [1.807, 2.05) is 38.1 Å². The lowest BCUT2D eigenvalue weighted by Gasteiger charge is -2.15. The molecule has 0 radical (unpaired) electrons. The van der Waals surface area contributed by atoms with Crippen molar-refractivity contribution in [2.45, 2.75) is 39.3 Å². The molecule has 0 aromatic heterocycles. The van der Waals surface area contributed by atoms with E-state index < -0.39 is 6.10 Å². The predicted octanol–water partition coefficient (Wildman–Crippen LogP) is 1.68. The van der Waals surface area contributed by atoms with Crippen LogP contribution in [0.1, 0.15) is 25.8 Å². The van der Waals surface area contributed by atoms with Crippen LogP contribution in [-0.4, -0.2) is 29.7 Å². The van der Waals surface area contributed by atoms with Gasteiger partial charge in [-0.05, 0) is 32.4 Å². The molecule has 0 aliphatic carbocycles. The third kappa shape index (κ3) is 5.29. The van der Waals surface area contributed by atoms with Gasteiger partial charge in [0.25, 0.3) is 0 Å². The lowest BCUT2D eigenvalue weighted by Crippen LogP contribution is -2.35. The van der Waals surface area contributed by atoms with Crippen LogP contribution in [0.15, 0.2) is 24.3 Å². The average molecular weight is 250 g/mol. The first kappa shape index (κ1) is 14.7. The van der Waals surface area contributed by atoms with Crippen molar-refractivity contribution < 1.29 is 9.90 Å². The largest absolute Gasteiger partial charge is 0.392 e. The fraction of sp³-hybridized carbons (Fsp3) is 0.500. The average Bonchev–Trinajstić information content (AvgIpc) is 2.29. The van der Waals surface area contributed by atoms with Gasteiger partial charge < -0.3 is 15.7 Å². The van der Waals surface area contributed by atoms with Gasteiger partial charge in [0.05, 0.1) is 6.10 Å². The summed E-state index contributed by atoms with van der Waals surface area (Å²) in [6.45, 7) is 6.11. The molecule has 1 aromatic carbocycles. The lowest BCUT2D eigenvalue weighted by molar-refractivity contribution is -0.116. The highest BCUT2D eigenvalue weighted by atomic mass is 16.3. The van der Waals surface area contributed by atoms with Gasteiger partial charge in [0.15, 0.2) is 0 Å². The van der Waals surface area contributed by atoms with E-state index >= 15 is 0 Å². The van der Waals surface area contributed by atoms with Gasteiger partial charge in [0.1, 0.15) is 0 Å². The minimum absolute atomic E-state index is 0.0186. The Morgan fingerprint density at radius 2 is 2.00 bits per heavy atom. The molecule has 1 amide bonds. The topological polar surface area (TPSA) is 61.4 Å². The molecule has 0 fully saturated rings. The van der Waals surface area contributed by atoms with Crippen molar-refractivity contribution >= 4 is 11.6 Å². The van der Waals surface area contributed by atoms with E-state index in [0.717, 1.165) is 11.3 Å². The second-order valence-corrected chi connectivity index (χ2v) is 4.73. The lowest BCUT2D eigenvalue weighted by atomic mass is 10.1. The molecule has 0 bridgehead atoms. The smallest absolute Gasteiger partial charge is 0.225 e. The molecule has 0 aliphatic rings. The third-order valence-corrected chi connectivity index (χ3v) is 2.67. The Morgan fingerprint density at radius 1 is 1.33 bits per heavy atom. The van der Waals surface area contributed by atoms with Crippen LogP contribution in [0.25, 0.3) is 0 Å². The Morgan fingerprint density at radius 3 is 2.61 bits per heavy atom. The number of aliphatic hydroxyl groups excluding tert-OH is 1. The van der Waals surface area contributed by atoms with Gasteiger partial charge >= 0.3 is 0 Å². The zero-order valence-electron chi connectivity index (χ0n) is 11.2. The van der Waals surface area contributed by atoms with Crippen LogP contribution >= 0.6 is 0 Å². The molecular weight excluding hydrogens is 228 g/mol. The number of hydrogen-bond acceptors (Lipinski definition) is 3. The summed E-state index contributed by atoms with van der Waals surface area (Å²) >= 11 is 0. The fourth-order valence-electron chi connectivity index (χ4n) is 1.64. The summed E-state index contributed by atoms with van der Waals surface area (Å²) in [7, 11) is 0. The molecule has 0 saturated heterocycles.